The summed E-state index contributed by atoms with van der Waals surface area (Å²) in [6, 6.07) is 13.3. The Balaban J connectivity index is 1.37. The first kappa shape index (κ1) is 23.1. The van der Waals surface area contributed by atoms with Crippen LogP contribution in [-0.2, 0) is 9.59 Å². The van der Waals surface area contributed by atoms with Crippen molar-refractivity contribution in [2.24, 2.45) is 23.7 Å². The number of anilines is 3. The Kier molecular flexibility index (Phi) is 6.09. The molecule has 5 N–H and O–H groups in total. The van der Waals surface area contributed by atoms with E-state index in [1.54, 1.807) is 6.07 Å². The third-order valence-corrected chi connectivity index (χ3v) is 7.32. The van der Waals surface area contributed by atoms with E-state index in [9.17, 15) is 9.59 Å². The molecule has 2 fully saturated rings. The SMILES string of the molecule is Cc1ccc(NC(=O)C(C(=O)Nc2ccc(-c3c(C)n[nH]c3C)cc2)C(C2CC2)C2CC2)c(N)c1. The lowest BCUT2D eigenvalue weighted by atomic mass is 9.82. The van der Waals surface area contributed by atoms with Crippen molar-refractivity contribution in [3.8, 4) is 11.1 Å². The zero-order valence-corrected chi connectivity index (χ0v) is 20.5. The number of carbonyl (C=O) groups is 2. The van der Waals surface area contributed by atoms with Crippen LogP contribution in [0.25, 0.3) is 11.1 Å². The van der Waals surface area contributed by atoms with Gasteiger partial charge in [0.25, 0.3) is 0 Å². The van der Waals surface area contributed by atoms with Gasteiger partial charge in [0, 0.05) is 16.9 Å². The van der Waals surface area contributed by atoms with Crippen LogP contribution < -0.4 is 16.4 Å². The summed E-state index contributed by atoms with van der Waals surface area (Å²) in [6.45, 7) is 5.91. The van der Waals surface area contributed by atoms with Gasteiger partial charge in [-0.05, 0) is 99.6 Å². The molecule has 5 rings (SSSR count). The van der Waals surface area contributed by atoms with Crippen molar-refractivity contribution in [3.05, 3.63) is 59.4 Å². The van der Waals surface area contributed by atoms with Crippen LogP contribution >= 0.6 is 0 Å². The minimum absolute atomic E-state index is 0.0668. The Morgan fingerprint density at radius 3 is 2.11 bits per heavy atom. The highest BCUT2D eigenvalue weighted by atomic mass is 16.2. The molecule has 182 valence electrons. The normalized spacial score (nSPS) is 16.2. The highest BCUT2D eigenvalue weighted by Crippen LogP contribution is 2.53. The number of aryl methyl sites for hydroxylation is 3. The third kappa shape index (κ3) is 4.94. The van der Waals surface area contributed by atoms with Gasteiger partial charge < -0.3 is 16.4 Å². The van der Waals surface area contributed by atoms with E-state index in [1.807, 2.05) is 57.2 Å². The van der Waals surface area contributed by atoms with Crippen LogP contribution in [0, 0.1) is 44.4 Å². The van der Waals surface area contributed by atoms with Gasteiger partial charge in [-0.2, -0.15) is 5.10 Å². The highest BCUT2D eigenvalue weighted by Gasteiger charge is 2.50. The largest absolute Gasteiger partial charge is 0.397 e. The molecule has 2 saturated carbocycles. The second kappa shape index (κ2) is 9.21. The maximum atomic E-state index is 13.6. The van der Waals surface area contributed by atoms with Crippen LogP contribution in [0.15, 0.2) is 42.5 Å². The summed E-state index contributed by atoms with van der Waals surface area (Å²) in [6.07, 6.45) is 4.35. The smallest absolute Gasteiger partial charge is 0.237 e. The number of H-pyrrole nitrogens is 1. The van der Waals surface area contributed by atoms with Gasteiger partial charge in [-0.25, -0.2) is 0 Å². The Labute approximate surface area is 205 Å². The molecule has 35 heavy (non-hydrogen) atoms. The maximum Gasteiger partial charge on any atom is 0.237 e. The van der Waals surface area contributed by atoms with Crippen molar-refractivity contribution in [1.29, 1.82) is 0 Å². The fourth-order valence-corrected chi connectivity index (χ4v) is 5.28. The molecule has 7 heteroatoms. The number of nitrogens with two attached hydrogens (primary N) is 1. The van der Waals surface area contributed by atoms with E-state index in [1.165, 1.54) is 0 Å². The van der Waals surface area contributed by atoms with Gasteiger partial charge in [0.05, 0.1) is 17.1 Å². The highest BCUT2D eigenvalue weighted by molar-refractivity contribution is 6.11. The van der Waals surface area contributed by atoms with Crippen molar-refractivity contribution < 1.29 is 9.59 Å². The first-order chi connectivity index (χ1) is 16.8. The van der Waals surface area contributed by atoms with Crippen molar-refractivity contribution >= 4 is 28.9 Å². The molecule has 3 aromatic rings. The minimum atomic E-state index is -0.756. The third-order valence-electron chi connectivity index (χ3n) is 7.32. The van der Waals surface area contributed by atoms with Crippen LogP contribution in [0.2, 0.25) is 0 Å². The summed E-state index contributed by atoms with van der Waals surface area (Å²) < 4.78 is 0. The van der Waals surface area contributed by atoms with E-state index in [4.69, 9.17) is 5.73 Å². The second-order valence-corrected chi connectivity index (χ2v) is 10.2. The number of amides is 2. The lowest BCUT2D eigenvalue weighted by Gasteiger charge is -2.26. The van der Waals surface area contributed by atoms with Crippen molar-refractivity contribution in [3.63, 3.8) is 0 Å². The Morgan fingerprint density at radius 1 is 0.943 bits per heavy atom. The van der Waals surface area contributed by atoms with Gasteiger partial charge in [-0.15, -0.1) is 0 Å². The number of aromatic nitrogens is 2. The topological polar surface area (TPSA) is 113 Å². The molecule has 0 saturated heterocycles. The first-order valence-electron chi connectivity index (χ1n) is 12.4. The molecule has 0 aliphatic heterocycles. The summed E-state index contributed by atoms with van der Waals surface area (Å²) in [5, 5.41) is 13.3. The number of nitrogen functional groups attached to an aromatic ring is 1. The number of nitrogens with one attached hydrogen (secondary N) is 3. The molecule has 1 atom stereocenters. The Hall–Kier alpha value is -3.61. The summed E-state index contributed by atoms with van der Waals surface area (Å²) in [5.74, 6) is -0.336. The molecule has 7 nitrogen and oxygen atoms in total. The number of benzene rings is 2. The molecule has 2 aliphatic rings. The molecule has 1 heterocycles. The summed E-state index contributed by atoms with van der Waals surface area (Å²) in [7, 11) is 0. The zero-order chi connectivity index (χ0) is 24.7. The molecular weight excluding hydrogens is 438 g/mol. The number of carbonyl (C=O) groups excluding carboxylic acids is 2. The van der Waals surface area contributed by atoms with Crippen LogP contribution in [0.4, 0.5) is 17.1 Å². The van der Waals surface area contributed by atoms with Gasteiger partial charge in [-0.3, -0.25) is 14.7 Å². The van der Waals surface area contributed by atoms with E-state index in [2.05, 4.69) is 20.8 Å². The van der Waals surface area contributed by atoms with Gasteiger partial charge >= 0.3 is 0 Å². The fraction of sp³-hybridized carbons (Fsp3) is 0.393. The van der Waals surface area contributed by atoms with Crippen LogP contribution in [0.1, 0.15) is 42.6 Å². The number of hydrogen-bond donors (Lipinski definition) is 4. The van der Waals surface area contributed by atoms with Crippen molar-refractivity contribution in [1.82, 2.24) is 10.2 Å². The van der Waals surface area contributed by atoms with Gasteiger partial charge in [0.1, 0.15) is 5.92 Å². The second-order valence-electron chi connectivity index (χ2n) is 10.2. The monoisotopic (exact) mass is 471 g/mol. The fourth-order valence-electron chi connectivity index (χ4n) is 5.28. The van der Waals surface area contributed by atoms with Crippen LogP contribution in [-0.4, -0.2) is 22.0 Å². The first-order valence-corrected chi connectivity index (χ1v) is 12.4. The molecular formula is C28H33N5O2. The Bertz CT molecular complexity index is 1220. The number of rotatable bonds is 8. The van der Waals surface area contributed by atoms with E-state index < -0.39 is 5.92 Å². The lowest BCUT2D eigenvalue weighted by molar-refractivity contribution is -0.132. The molecule has 0 bridgehead atoms. The predicted octanol–water partition coefficient (Wildman–Crippen LogP) is 5.21. The molecule has 1 aromatic heterocycles. The summed E-state index contributed by atoms with van der Waals surface area (Å²) in [4.78, 5) is 27.1. The Morgan fingerprint density at radius 2 is 1.57 bits per heavy atom. The van der Waals surface area contributed by atoms with Crippen molar-refractivity contribution in [2.75, 3.05) is 16.4 Å². The van der Waals surface area contributed by atoms with E-state index in [-0.39, 0.29) is 17.7 Å². The van der Waals surface area contributed by atoms with E-state index in [0.717, 1.165) is 53.8 Å². The molecule has 1 unspecified atom stereocenters. The predicted molar refractivity (Wildman–Crippen MR) is 139 cm³/mol. The number of aromatic amines is 1. The molecule has 2 aromatic carbocycles. The minimum Gasteiger partial charge on any atom is -0.397 e. The summed E-state index contributed by atoms with van der Waals surface area (Å²) >= 11 is 0. The van der Waals surface area contributed by atoms with Gasteiger partial charge in [-0.1, -0.05) is 18.2 Å². The zero-order valence-electron chi connectivity index (χ0n) is 20.5. The molecule has 0 spiro atoms. The molecule has 2 aliphatic carbocycles. The quantitative estimate of drug-likeness (QED) is 0.267. The van der Waals surface area contributed by atoms with Gasteiger partial charge in [0.15, 0.2) is 0 Å². The van der Waals surface area contributed by atoms with Crippen LogP contribution in [0.3, 0.4) is 0 Å². The van der Waals surface area contributed by atoms with Crippen LogP contribution in [0.5, 0.6) is 0 Å². The summed E-state index contributed by atoms with van der Waals surface area (Å²) in [5.41, 5.74) is 12.9. The number of nitrogens with zero attached hydrogens (tertiary/aromatic N) is 1. The lowest BCUT2D eigenvalue weighted by Crippen LogP contribution is -2.41. The molecule has 0 radical (unpaired) electrons. The standard InChI is InChI=1S/C28H33N5O2/c1-15-4-13-23(22(29)14-15)31-28(35)26(25(19-5-6-19)20-7-8-20)27(34)30-21-11-9-18(10-12-21)24-16(2)32-33-17(24)3/h4,9-14,19-20,25-26H,5-8,29H2,1-3H3,(H,30,34)(H,31,35)(H,32,33). The average Bonchev–Trinajstić information content (AvgIpc) is 3.74. The average molecular weight is 472 g/mol. The van der Waals surface area contributed by atoms with E-state index >= 15 is 0 Å². The number of hydrogen-bond acceptors (Lipinski definition) is 4. The van der Waals surface area contributed by atoms with Crippen molar-refractivity contribution in [2.45, 2.75) is 46.5 Å². The van der Waals surface area contributed by atoms with Gasteiger partial charge in [0.2, 0.25) is 11.8 Å². The van der Waals surface area contributed by atoms with E-state index in [0.29, 0.717) is 28.9 Å². The maximum absolute atomic E-state index is 13.6. The molecule has 2 amide bonds.